The average Bonchev–Trinajstić information content (AvgIpc) is 3.32. The summed E-state index contributed by atoms with van der Waals surface area (Å²) in [5.41, 5.74) is 0.806. The number of fused-ring (bicyclic) bond motifs is 1. The first-order chi connectivity index (χ1) is 17.8. The summed E-state index contributed by atoms with van der Waals surface area (Å²) in [7, 11) is 0. The largest absolute Gasteiger partial charge is 0.480 e. The minimum Gasteiger partial charge on any atom is -0.480 e. The van der Waals surface area contributed by atoms with Gasteiger partial charge in [-0.1, -0.05) is 37.5 Å². The molecule has 0 radical (unpaired) electrons. The number of carbonyl (C=O) groups is 5. The van der Waals surface area contributed by atoms with Gasteiger partial charge < -0.3 is 25.2 Å². The lowest BCUT2D eigenvalue weighted by Gasteiger charge is -2.40. The van der Waals surface area contributed by atoms with Crippen LogP contribution in [0.15, 0.2) is 30.5 Å². The van der Waals surface area contributed by atoms with Crippen molar-refractivity contribution < 1.29 is 29.1 Å². The molecule has 10 heteroatoms. The summed E-state index contributed by atoms with van der Waals surface area (Å²) in [6, 6.07) is 5.84. The van der Waals surface area contributed by atoms with Gasteiger partial charge in [0, 0.05) is 43.2 Å². The van der Waals surface area contributed by atoms with Gasteiger partial charge in [-0.15, -0.1) is 0 Å². The third-order valence-corrected chi connectivity index (χ3v) is 7.58. The van der Waals surface area contributed by atoms with Crippen molar-refractivity contribution in [2.45, 2.75) is 64.0 Å². The highest BCUT2D eigenvalue weighted by atomic mass is 16.4. The zero-order valence-electron chi connectivity index (χ0n) is 21.1. The Morgan fingerprint density at radius 2 is 1.73 bits per heavy atom. The Morgan fingerprint density at radius 1 is 1.05 bits per heavy atom. The predicted octanol–water partition coefficient (Wildman–Crippen LogP) is 2.34. The molecule has 10 nitrogen and oxygen atoms in total. The van der Waals surface area contributed by atoms with E-state index in [1.807, 2.05) is 0 Å². The van der Waals surface area contributed by atoms with E-state index in [-0.39, 0.29) is 17.5 Å². The number of ketones is 1. The standard InChI is InChI=1S/C27H34N4O6/c1-17(32)30-13-11-18(12-14-30)24(26(36)29-19-7-3-2-4-8-19)31(16-23(33)34)27(37)25(35)21-15-28-22-10-6-5-9-20(21)22/h5-6,9-10,15,18-19,24,28H,2-4,7-8,11-14,16H2,1H3,(H,29,36)(H,33,34). The normalized spacial score (nSPS) is 17.8. The molecule has 2 aliphatic rings. The fraction of sp³-hybridized carbons (Fsp3) is 0.519. The molecule has 1 atom stereocenters. The van der Waals surface area contributed by atoms with E-state index in [4.69, 9.17) is 0 Å². The number of amides is 3. The predicted molar refractivity (Wildman–Crippen MR) is 136 cm³/mol. The minimum absolute atomic E-state index is 0.0489. The summed E-state index contributed by atoms with van der Waals surface area (Å²) in [4.78, 5) is 70.0. The van der Waals surface area contributed by atoms with Crippen molar-refractivity contribution in [3.05, 3.63) is 36.0 Å². The second-order valence-electron chi connectivity index (χ2n) is 10.0. The second-order valence-corrected chi connectivity index (χ2v) is 10.0. The number of benzene rings is 1. The summed E-state index contributed by atoms with van der Waals surface area (Å²) in [5, 5.41) is 13.3. The molecule has 0 spiro atoms. The van der Waals surface area contributed by atoms with Crippen LogP contribution in [-0.4, -0.2) is 81.1 Å². The van der Waals surface area contributed by atoms with Crippen LogP contribution in [0, 0.1) is 5.92 Å². The number of rotatable bonds is 8. The van der Waals surface area contributed by atoms with Crippen molar-refractivity contribution in [3.8, 4) is 0 Å². The molecule has 1 unspecified atom stereocenters. The quantitative estimate of drug-likeness (QED) is 0.368. The highest BCUT2D eigenvalue weighted by Gasteiger charge is 2.42. The van der Waals surface area contributed by atoms with Gasteiger partial charge in [-0.05, 0) is 37.7 Å². The Kier molecular flexibility index (Phi) is 8.25. The summed E-state index contributed by atoms with van der Waals surface area (Å²) >= 11 is 0. The monoisotopic (exact) mass is 510 g/mol. The number of hydrogen-bond donors (Lipinski definition) is 3. The van der Waals surface area contributed by atoms with Crippen LogP contribution in [-0.2, 0) is 19.2 Å². The first kappa shape index (κ1) is 26.4. The van der Waals surface area contributed by atoms with Crippen molar-refractivity contribution >= 4 is 40.4 Å². The lowest BCUT2D eigenvalue weighted by Crippen LogP contribution is -2.59. The molecule has 2 fully saturated rings. The van der Waals surface area contributed by atoms with Crippen molar-refractivity contribution in [2.75, 3.05) is 19.6 Å². The summed E-state index contributed by atoms with van der Waals surface area (Å²) in [6.45, 7) is 1.51. The van der Waals surface area contributed by atoms with Gasteiger partial charge in [0.2, 0.25) is 11.8 Å². The number of carboxylic acid groups (broad SMARTS) is 1. The van der Waals surface area contributed by atoms with E-state index in [2.05, 4.69) is 10.3 Å². The number of aromatic amines is 1. The fourth-order valence-corrected chi connectivity index (χ4v) is 5.62. The van der Waals surface area contributed by atoms with Crippen molar-refractivity contribution in [1.29, 1.82) is 0 Å². The summed E-state index contributed by atoms with van der Waals surface area (Å²) in [5.74, 6) is -4.10. The lowest BCUT2D eigenvalue weighted by molar-refractivity contribution is -0.149. The highest BCUT2D eigenvalue weighted by Crippen LogP contribution is 2.27. The van der Waals surface area contributed by atoms with Crippen LogP contribution in [0.25, 0.3) is 10.9 Å². The van der Waals surface area contributed by atoms with E-state index in [1.165, 1.54) is 13.1 Å². The first-order valence-electron chi connectivity index (χ1n) is 13.0. The zero-order valence-corrected chi connectivity index (χ0v) is 21.1. The number of hydrogen-bond acceptors (Lipinski definition) is 5. The van der Waals surface area contributed by atoms with E-state index in [0.29, 0.717) is 36.8 Å². The number of piperidine rings is 1. The van der Waals surface area contributed by atoms with Crippen molar-refractivity contribution in [2.24, 2.45) is 5.92 Å². The molecule has 1 aromatic carbocycles. The minimum atomic E-state index is -1.31. The number of aliphatic carboxylic acids is 1. The van der Waals surface area contributed by atoms with Crippen LogP contribution in [0.1, 0.15) is 62.2 Å². The van der Waals surface area contributed by atoms with E-state index < -0.39 is 42.1 Å². The molecule has 1 saturated heterocycles. The maximum absolute atomic E-state index is 13.7. The summed E-state index contributed by atoms with van der Waals surface area (Å²) in [6.07, 6.45) is 7.01. The first-order valence-corrected chi connectivity index (χ1v) is 13.0. The van der Waals surface area contributed by atoms with Gasteiger partial charge in [0.1, 0.15) is 12.6 Å². The molecule has 37 heavy (non-hydrogen) atoms. The van der Waals surface area contributed by atoms with Gasteiger partial charge in [0.25, 0.3) is 11.7 Å². The zero-order chi connectivity index (χ0) is 26.5. The number of nitrogens with zero attached hydrogens (tertiary/aromatic N) is 2. The molecule has 198 valence electrons. The number of carboxylic acids is 1. The van der Waals surface area contributed by atoms with Gasteiger partial charge in [-0.25, -0.2) is 0 Å². The number of H-pyrrole nitrogens is 1. The smallest absolute Gasteiger partial charge is 0.323 e. The van der Waals surface area contributed by atoms with Crippen LogP contribution < -0.4 is 5.32 Å². The molecule has 1 aliphatic heterocycles. The number of Topliss-reactive ketones (excluding diaryl/α,β-unsaturated/α-hetero) is 1. The summed E-state index contributed by atoms with van der Waals surface area (Å²) < 4.78 is 0. The molecule has 0 bridgehead atoms. The maximum Gasteiger partial charge on any atom is 0.323 e. The number of carbonyl (C=O) groups excluding carboxylic acids is 4. The fourth-order valence-electron chi connectivity index (χ4n) is 5.62. The van der Waals surface area contributed by atoms with Crippen LogP contribution in [0.4, 0.5) is 0 Å². The Labute approximate surface area is 215 Å². The van der Waals surface area contributed by atoms with E-state index >= 15 is 0 Å². The Bertz CT molecular complexity index is 1180. The molecule has 1 aliphatic carbocycles. The van der Waals surface area contributed by atoms with E-state index in [0.717, 1.165) is 37.0 Å². The maximum atomic E-state index is 13.7. The number of aromatic nitrogens is 1. The number of nitrogens with one attached hydrogen (secondary N) is 2. The van der Waals surface area contributed by atoms with E-state index in [9.17, 15) is 29.1 Å². The van der Waals surface area contributed by atoms with Crippen molar-refractivity contribution in [1.82, 2.24) is 20.1 Å². The molecule has 1 saturated carbocycles. The third-order valence-electron chi connectivity index (χ3n) is 7.58. The Balaban J connectivity index is 1.65. The van der Waals surface area contributed by atoms with Crippen LogP contribution in [0.3, 0.4) is 0 Å². The SMILES string of the molecule is CC(=O)N1CCC(C(C(=O)NC2CCCCC2)N(CC(=O)O)C(=O)C(=O)c2c[nH]c3ccccc23)CC1. The van der Waals surface area contributed by atoms with E-state index in [1.54, 1.807) is 29.2 Å². The molecule has 2 heterocycles. The van der Waals surface area contributed by atoms with Gasteiger partial charge in [-0.3, -0.25) is 24.0 Å². The molecule has 1 aromatic heterocycles. The Morgan fingerprint density at radius 3 is 2.38 bits per heavy atom. The van der Waals surface area contributed by atoms with Gasteiger partial charge in [0.15, 0.2) is 0 Å². The molecule has 4 rings (SSSR count). The van der Waals surface area contributed by atoms with Gasteiger partial charge in [0.05, 0.1) is 5.56 Å². The number of likely N-dealkylation sites (tertiary alicyclic amines) is 1. The van der Waals surface area contributed by atoms with Crippen LogP contribution in [0.5, 0.6) is 0 Å². The molecular weight excluding hydrogens is 476 g/mol. The van der Waals surface area contributed by atoms with Crippen LogP contribution >= 0.6 is 0 Å². The second kappa shape index (κ2) is 11.6. The average molecular weight is 511 g/mol. The lowest BCUT2D eigenvalue weighted by atomic mass is 9.86. The topological polar surface area (TPSA) is 140 Å². The Hall–Kier alpha value is -3.69. The molecule has 3 N–H and O–H groups in total. The number of para-hydroxylation sites is 1. The van der Waals surface area contributed by atoms with Crippen LogP contribution in [0.2, 0.25) is 0 Å². The molecule has 3 amide bonds. The molecular formula is C27H34N4O6. The van der Waals surface area contributed by atoms with Crippen molar-refractivity contribution in [3.63, 3.8) is 0 Å². The third kappa shape index (κ3) is 6.00. The van der Waals surface area contributed by atoms with Gasteiger partial charge >= 0.3 is 5.97 Å². The molecule has 2 aromatic rings. The van der Waals surface area contributed by atoms with Gasteiger partial charge in [-0.2, -0.15) is 0 Å². The highest BCUT2D eigenvalue weighted by molar-refractivity contribution is 6.45.